The third-order valence-corrected chi connectivity index (χ3v) is 6.60. The highest BCUT2D eigenvalue weighted by Crippen LogP contribution is 2.36. The Morgan fingerprint density at radius 2 is 2.00 bits per heavy atom. The Morgan fingerprint density at radius 3 is 2.55 bits per heavy atom. The van der Waals surface area contributed by atoms with Crippen LogP contribution in [0.4, 0.5) is 5.69 Å². The van der Waals surface area contributed by atoms with Crippen LogP contribution in [0.5, 0.6) is 0 Å². The second kappa shape index (κ2) is 5.72. The molecule has 7 heteroatoms. The van der Waals surface area contributed by atoms with Gasteiger partial charge in [0.2, 0.25) is 10.0 Å². The molecule has 1 aliphatic heterocycles. The van der Waals surface area contributed by atoms with E-state index in [9.17, 15) is 8.42 Å². The summed E-state index contributed by atoms with van der Waals surface area (Å²) in [6.45, 7) is 5.25. The first kappa shape index (κ1) is 15.9. The number of rotatable bonds is 3. The minimum atomic E-state index is -3.61. The lowest BCUT2D eigenvalue weighted by Gasteiger charge is -2.19. The van der Waals surface area contributed by atoms with Gasteiger partial charge in [-0.15, -0.1) is 0 Å². The third kappa shape index (κ3) is 2.77. The van der Waals surface area contributed by atoms with E-state index in [4.69, 9.17) is 28.9 Å². The van der Waals surface area contributed by atoms with Gasteiger partial charge in [-0.05, 0) is 30.4 Å². The molecule has 1 unspecified atom stereocenters. The molecular weight excluding hydrogens is 319 g/mol. The Bertz CT molecular complexity index is 617. The molecule has 0 aromatic heterocycles. The molecule has 1 atom stereocenters. The number of anilines is 1. The maximum atomic E-state index is 12.6. The van der Waals surface area contributed by atoms with Crippen LogP contribution in [0.25, 0.3) is 0 Å². The molecule has 1 aliphatic rings. The van der Waals surface area contributed by atoms with E-state index in [0.717, 1.165) is 6.42 Å². The molecule has 0 amide bonds. The predicted molar refractivity (Wildman–Crippen MR) is 82.6 cm³/mol. The number of nitrogens with two attached hydrogens (primary N) is 1. The SMILES string of the molecule is CC(C)C1CCN(S(=O)(=O)c2ccc(Cl)c(N)c2Cl)C1. The quantitative estimate of drug-likeness (QED) is 0.861. The monoisotopic (exact) mass is 336 g/mol. The number of nitrogens with zero attached hydrogens (tertiary/aromatic N) is 1. The molecule has 20 heavy (non-hydrogen) atoms. The topological polar surface area (TPSA) is 63.4 Å². The van der Waals surface area contributed by atoms with Crippen molar-refractivity contribution in [2.24, 2.45) is 11.8 Å². The van der Waals surface area contributed by atoms with Crippen molar-refractivity contribution in [2.45, 2.75) is 25.2 Å². The zero-order valence-corrected chi connectivity index (χ0v) is 13.8. The molecule has 0 spiro atoms. The highest BCUT2D eigenvalue weighted by molar-refractivity contribution is 7.89. The van der Waals surface area contributed by atoms with Crippen molar-refractivity contribution in [2.75, 3.05) is 18.8 Å². The summed E-state index contributed by atoms with van der Waals surface area (Å²) < 4.78 is 26.7. The molecule has 2 N–H and O–H groups in total. The van der Waals surface area contributed by atoms with Crippen LogP contribution in [0, 0.1) is 11.8 Å². The Hall–Kier alpha value is -0.490. The van der Waals surface area contributed by atoms with Crippen molar-refractivity contribution in [1.82, 2.24) is 4.31 Å². The molecule has 0 bridgehead atoms. The van der Waals surface area contributed by atoms with E-state index < -0.39 is 10.0 Å². The second-order valence-electron chi connectivity index (χ2n) is 5.43. The summed E-state index contributed by atoms with van der Waals surface area (Å²) in [4.78, 5) is 0.0328. The zero-order chi connectivity index (χ0) is 15.1. The molecule has 1 aromatic carbocycles. The van der Waals surface area contributed by atoms with Crippen molar-refractivity contribution in [1.29, 1.82) is 0 Å². The van der Waals surface area contributed by atoms with Gasteiger partial charge in [-0.3, -0.25) is 0 Å². The lowest BCUT2D eigenvalue weighted by molar-refractivity contribution is 0.388. The van der Waals surface area contributed by atoms with E-state index >= 15 is 0 Å². The number of hydrogen-bond acceptors (Lipinski definition) is 3. The first-order valence-electron chi connectivity index (χ1n) is 6.48. The number of benzene rings is 1. The largest absolute Gasteiger partial charge is 0.396 e. The van der Waals surface area contributed by atoms with Crippen molar-refractivity contribution in [3.63, 3.8) is 0 Å². The molecule has 112 valence electrons. The van der Waals surface area contributed by atoms with Crippen LogP contribution < -0.4 is 5.73 Å². The Balaban J connectivity index is 2.35. The molecule has 1 fully saturated rings. The Morgan fingerprint density at radius 1 is 1.35 bits per heavy atom. The molecule has 0 radical (unpaired) electrons. The summed E-state index contributed by atoms with van der Waals surface area (Å²) in [5.41, 5.74) is 5.81. The highest BCUT2D eigenvalue weighted by atomic mass is 35.5. The number of nitrogen functional groups attached to an aromatic ring is 1. The van der Waals surface area contributed by atoms with Gasteiger partial charge in [0.15, 0.2) is 0 Å². The normalized spacial score (nSPS) is 20.8. The van der Waals surface area contributed by atoms with E-state index in [-0.39, 0.29) is 20.6 Å². The van der Waals surface area contributed by atoms with Crippen molar-refractivity contribution < 1.29 is 8.42 Å². The standard InChI is InChI=1S/C13H18Cl2N2O2S/c1-8(2)9-5-6-17(7-9)20(18,19)11-4-3-10(14)13(16)12(11)15/h3-4,8-9H,5-7,16H2,1-2H3. The first-order chi connectivity index (χ1) is 9.25. The molecule has 1 heterocycles. The van der Waals surface area contributed by atoms with E-state index in [2.05, 4.69) is 13.8 Å². The molecule has 0 aliphatic carbocycles. The fourth-order valence-corrected chi connectivity index (χ4v) is 4.66. The molecule has 4 nitrogen and oxygen atoms in total. The van der Waals surface area contributed by atoms with E-state index in [1.165, 1.54) is 16.4 Å². The van der Waals surface area contributed by atoms with Crippen LogP contribution in [-0.4, -0.2) is 25.8 Å². The average Bonchev–Trinajstić information content (AvgIpc) is 2.86. The number of halogens is 2. The number of sulfonamides is 1. The van der Waals surface area contributed by atoms with Gasteiger partial charge in [-0.1, -0.05) is 37.0 Å². The van der Waals surface area contributed by atoms with Crippen LogP contribution in [0.3, 0.4) is 0 Å². The van der Waals surface area contributed by atoms with E-state index in [1.54, 1.807) is 0 Å². The summed E-state index contributed by atoms with van der Waals surface area (Å²) in [5.74, 6) is 0.842. The first-order valence-corrected chi connectivity index (χ1v) is 8.68. The van der Waals surface area contributed by atoms with Gasteiger partial charge in [0.1, 0.15) is 4.90 Å². The molecule has 1 saturated heterocycles. The van der Waals surface area contributed by atoms with Crippen LogP contribution in [0.2, 0.25) is 10.0 Å². The Kier molecular flexibility index (Phi) is 4.54. The lowest BCUT2D eigenvalue weighted by atomic mass is 9.96. The lowest BCUT2D eigenvalue weighted by Crippen LogP contribution is -2.29. The minimum Gasteiger partial charge on any atom is -0.396 e. The van der Waals surface area contributed by atoms with E-state index in [0.29, 0.717) is 24.9 Å². The van der Waals surface area contributed by atoms with Gasteiger partial charge in [0.25, 0.3) is 0 Å². The van der Waals surface area contributed by atoms with Gasteiger partial charge < -0.3 is 5.73 Å². The smallest absolute Gasteiger partial charge is 0.244 e. The summed E-state index contributed by atoms with van der Waals surface area (Å²) in [5, 5.41) is 0.265. The predicted octanol–water partition coefficient (Wildman–Crippen LogP) is 3.24. The second-order valence-corrected chi connectivity index (χ2v) is 8.12. The van der Waals surface area contributed by atoms with E-state index in [1.807, 2.05) is 0 Å². The molecule has 1 aromatic rings. The summed E-state index contributed by atoms with van der Waals surface area (Å²) >= 11 is 11.9. The Labute approximate surface area is 129 Å². The molecule has 2 rings (SSSR count). The molecule has 0 saturated carbocycles. The average molecular weight is 337 g/mol. The molecular formula is C13H18Cl2N2O2S. The third-order valence-electron chi connectivity index (χ3n) is 3.84. The maximum Gasteiger partial charge on any atom is 0.244 e. The van der Waals surface area contributed by atoms with Crippen LogP contribution in [-0.2, 0) is 10.0 Å². The van der Waals surface area contributed by atoms with Crippen molar-refractivity contribution in [3.05, 3.63) is 22.2 Å². The van der Waals surface area contributed by atoms with Gasteiger partial charge in [0.05, 0.1) is 15.7 Å². The van der Waals surface area contributed by atoms with Gasteiger partial charge in [0, 0.05) is 13.1 Å². The van der Waals surface area contributed by atoms with Crippen molar-refractivity contribution >= 4 is 38.9 Å². The minimum absolute atomic E-state index is 0.00509. The fourth-order valence-electron chi connectivity index (χ4n) is 2.40. The van der Waals surface area contributed by atoms with Gasteiger partial charge in [-0.2, -0.15) is 4.31 Å². The zero-order valence-electron chi connectivity index (χ0n) is 11.4. The number of hydrogen-bond donors (Lipinski definition) is 1. The summed E-state index contributed by atoms with van der Waals surface area (Å²) in [6.07, 6.45) is 0.873. The summed E-state index contributed by atoms with van der Waals surface area (Å²) in [6, 6.07) is 2.88. The highest BCUT2D eigenvalue weighted by Gasteiger charge is 2.35. The van der Waals surface area contributed by atoms with Crippen molar-refractivity contribution in [3.8, 4) is 0 Å². The van der Waals surface area contributed by atoms with Crippen LogP contribution in [0.15, 0.2) is 17.0 Å². The van der Waals surface area contributed by atoms with Gasteiger partial charge >= 0.3 is 0 Å². The van der Waals surface area contributed by atoms with Gasteiger partial charge in [-0.25, -0.2) is 8.42 Å². The maximum absolute atomic E-state index is 12.6. The summed E-state index contributed by atoms with van der Waals surface area (Å²) in [7, 11) is -3.61. The van der Waals surface area contributed by atoms with Crippen LogP contribution >= 0.6 is 23.2 Å². The van der Waals surface area contributed by atoms with Crippen LogP contribution in [0.1, 0.15) is 20.3 Å². The fraction of sp³-hybridized carbons (Fsp3) is 0.538.